The summed E-state index contributed by atoms with van der Waals surface area (Å²) in [7, 11) is 1.78. The first kappa shape index (κ1) is 13.3. The molecule has 2 N–H and O–H groups in total. The van der Waals surface area contributed by atoms with E-state index < -0.39 is 5.97 Å². The molecular formula is C13H17N3O3. The number of pyridine rings is 1. The highest BCUT2D eigenvalue weighted by molar-refractivity contribution is 5.90. The normalized spacial score (nSPS) is 15.2. The number of rotatable bonds is 3. The first-order valence-corrected chi connectivity index (χ1v) is 6.31. The summed E-state index contributed by atoms with van der Waals surface area (Å²) in [4.78, 5) is 28.1. The number of nitrogens with zero attached hydrogens (tertiary/aromatic N) is 2. The Bertz CT molecular complexity index is 467. The van der Waals surface area contributed by atoms with Crippen LogP contribution in [0.1, 0.15) is 36.2 Å². The van der Waals surface area contributed by atoms with Crippen molar-refractivity contribution in [3.05, 3.63) is 24.0 Å². The third-order valence-electron chi connectivity index (χ3n) is 3.43. The van der Waals surface area contributed by atoms with Gasteiger partial charge in [0.1, 0.15) is 5.69 Å². The molecule has 0 spiro atoms. The third-order valence-corrected chi connectivity index (χ3v) is 3.43. The molecule has 0 atom stereocenters. The van der Waals surface area contributed by atoms with Gasteiger partial charge < -0.3 is 15.3 Å². The molecule has 19 heavy (non-hydrogen) atoms. The van der Waals surface area contributed by atoms with Gasteiger partial charge in [0.25, 0.3) is 0 Å². The van der Waals surface area contributed by atoms with E-state index >= 15 is 0 Å². The van der Waals surface area contributed by atoms with Gasteiger partial charge in [-0.3, -0.25) is 0 Å². The molecule has 1 aromatic heterocycles. The van der Waals surface area contributed by atoms with Gasteiger partial charge in [0.15, 0.2) is 0 Å². The summed E-state index contributed by atoms with van der Waals surface area (Å²) in [5.41, 5.74) is 0.460. The summed E-state index contributed by atoms with van der Waals surface area (Å²) in [5.74, 6) is -1.08. The number of hydrogen-bond donors (Lipinski definition) is 2. The predicted octanol–water partition coefficient (Wildman–Crippen LogP) is 2.19. The number of urea groups is 1. The summed E-state index contributed by atoms with van der Waals surface area (Å²) >= 11 is 0. The van der Waals surface area contributed by atoms with Crippen molar-refractivity contribution in [2.45, 2.75) is 31.7 Å². The molecule has 0 aromatic carbocycles. The number of hydrogen-bond acceptors (Lipinski definition) is 3. The molecule has 0 aliphatic heterocycles. The van der Waals surface area contributed by atoms with Crippen LogP contribution >= 0.6 is 0 Å². The molecule has 1 saturated carbocycles. The Hall–Kier alpha value is -2.11. The molecule has 1 heterocycles. The summed E-state index contributed by atoms with van der Waals surface area (Å²) in [6.45, 7) is 0. The number of carboxylic acids is 1. The van der Waals surface area contributed by atoms with Crippen molar-refractivity contribution in [1.29, 1.82) is 0 Å². The Morgan fingerprint density at radius 3 is 2.58 bits per heavy atom. The van der Waals surface area contributed by atoms with Gasteiger partial charge in [-0.1, -0.05) is 12.8 Å². The van der Waals surface area contributed by atoms with Crippen molar-refractivity contribution in [2.24, 2.45) is 0 Å². The standard InChI is InChI=1S/C13H17N3O3/c1-16(10-4-2-3-5-10)13(19)15-9-6-7-11(12(17)18)14-8-9/h6-8,10H,2-5H2,1H3,(H,15,19)(H,17,18). The van der Waals surface area contributed by atoms with Gasteiger partial charge in [-0.2, -0.15) is 0 Å². The van der Waals surface area contributed by atoms with Gasteiger partial charge in [0.2, 0.25) is 0 Å². The summed E-state index contributed by atoms with van der Waals surface area (Å²) < 4.78 is 0. The molecule has 1 aromatic rings. The molecule has 0 radical (unpaired) electrons. The maximum Gasteiger partial charge on any atom is 0.354 e. The molecule has 1 aliphatic rings. The lowest BCUT2D eigenvalue weighted by Gasteiger charge is -2.24. The fourth-order valence-corrected chi connectivity index (χ4v) is 2.26. The summed E-state index contributed by atoms with van der Waals surface area (Å²) in [6.07, 6.45) is 5.76. The predicted molar refractivity (Wildman–Crippen MR) is 70.2 cm³/mol. The van der Waals surface area contributed by atoms with Crippen LogP contribution in [-0.2, 0) is 0 Å². The minimum atomic E-state index is -1.08. The Labute approximate surface area is 111 Å². The number of carbonyl (C=O) groups is 2. The van der Waals surface area contributed by atoms with Gasteiger partial charge in [0, 0.05) is 13.1 Å². The SMILES string of the molecule is CN(C(=O)Nc1ccc(C(=O)O)nc1)C1CCCC1. The van der Waals surface area contributed by atoms with Gasteiger partial charge in [-0.15, -0.1) is 0 Å². The lowest BCUT2D eigenvalue weighted by atomic mass is 10.2. The first-order valence-electron chi connectivity index (χ1n) is 6.31. The quantitative estimate of drug-likeness (QED) is 0.875. The van der Waals surface area contributed by atoms with Crippen molar-refractivity contribution >= 4 is 17.7 Å². The van der Waals surface area contributed by atoms with Crippen molar-refractivity contribution in [2.75, 3.05) is 12.4 Å². The highest BCUT2D eigenvalue weighted by Gasteiger charge is 2.23. The second-order valence-electron chi connectivity index (χ2n) is 4.72. The summed E-state index contributed by atoms with van der Waals surface area (Å²) in [5, 5.41) is 11.4. The zero-order valence-corrected chi connectivity index (χ0v) is 10.8. The van der Waals surface area contributed by atoms with Crippen LogP contribution in [0, 0.1) is 0 Å². The first-order chi connectivity index (χ1) is 9.08. The van der Waals surface area contributed by atoms with Crippen LogP contribution in [0.15, 0.2) is 18.3 Å². The Balaban J connectivity index is 1.96. The van der Waals surface area contributed by atoms with Crippen LogP contribution in [-0.4, -0.2) is 40.1 Å². The second-order valence-corrected chi connectivity index (χ2v) is 4.72. The highest BCUT2D eigenvalue weighted by atomic mass is 16.4. The van der Waals surface area contributed by atoms with E-state index in [-0.39, 0.29) is 11.7 Å². The maximum absolute atomic E-state index is 12.0. The zero-order valence-electron chi connectivity index (χ0n) is 10.8. The van der Waals surface area contributed by atoms with E-state index in [0.29, 0.717) is 11.7 Å². The molecular weight excluding hydrogens is 246 g/mol. The molecule has 6 nitrogen and oxygen atoms in total. The Morgan fingerprint density at radius 1 is 1.37 bits per heavy atom. The number of amides is 2. The van der Waals surface area contributed by atoms with Crippen LogP contribution in [0.25, 0.3) is 0 Å². The zero-order chi connectivity index (χ0) is 13.8. The number of carbonyl (C=O) groups excluding carboxylic acids is 1. The van der Waals surface area contributed by atoms with E-state index in [4.69, 9.17) is 5.11 Å². The van der Waals surface area contributed by atoms with E-state index in [1.54, 1.807) is 11.9 Å². The van der Waals surface area contributed by atoms with Crippen molar-refractivity contribution in [3.8, 4) is 0 Å². The number of aromatic carboxylic acids is 1. The topological polar surface area (TPSA) is 82.5 Å². The number of aromatic nitrogens is 1. The van der Waals surface area contributed by atoms with Crippen LogP contribution in [0.5, 0.6) is 0 Å². The fourth-order valence-electron chi connectivity index (χ4n) is 2.26. The molecule has 1 fully saturated rings. The average Bonchev–Trinajstić information content (AvgIpc) is 2.92. The van der Waals surface area contributed by atoms with Gasteiger partial charge in [-0.05, 0) is 25.0 Å². The van der Waals surface area contributed by atoms with Gasteiger partial charge in [0.05, 0.1) is 11.9 Å². The van der Waals surface area contributed by atoms with Crippen molar-refractivity contribution in [3.63, 3.8) is 0 Å². The minimum absolute atomic E-state index is 0.0397. The Morgan fingerprint density at radius 2 is 2.05 bits per heavy atom. The monoisotopic (exact) mass is 263 g/mol. The summed E-state index contributed by atoms with van der Waals surface area (Å²) in [6, 6.07) is 3.02. The molecule has 1 aliphatic carbocycles. The van der Waals surface area contributed by atoms with Crippen LogP contribution in [0.4, 0.5) is 10.5 Å². The van der Waals surface area contributed by atoms with E-state index in [2.05, 4.69) is 10.3 Å². The number of anilines is 1. The average molecular weight is 263 g/mol. The third kappa shape index (κ3) is 3.21. The second kappa shape index (κ2) is 5.69. The lowest BCUT2D eigenvalue weighted by molar-refractivity contribution is 0.0690. The molecule has 0 bridgehead atoms. The maximum atomic E-state index is 12.0. The smallest absolute Gasteiger partial charge is 0.354 e. The van der Waals surface area contributed by atoms with E-state index in [0.717, 1.165) is 25.7 Å². The lowest BCUT2D eigenvalue weighted by Crippen LogP contribution is -2.38. The van der Waals surface area contributed by atoms with E-state index in [1.165, 1.54) is 18.3 Å². The molecule has 2 amide bonds. The van der Waals surface area contributed by atoms with Crippen LogP contribution < -0.4 is 5.32 Å². The highest BCUT2D eigenvalue weighted by Crippen LogP contribution is 2.22. The minimum Gasteiger partial charge on any atom is -0.477 e. The molecule has 0 unspecified atom stereocenters. The van der Waals surface area contributed by atoms with E-state index in [1.807, 2.05) is 0 Å². The van der Waals surface area contributed by atoms with Crippen LogP contribution in [0.3, 0.4) is 0 Å². The number of carboxylic acid groups (broad SMARTS) is 1. The van der Waals surface area contributed by atoms with Crippen LogP contribution in [0.2, 0.25) is 0 Å². The number of nitrogens with one attached hydrogen (secondary N) is 1. The fraction of sp³-hybridized carbons (Fsp3) is 0.462. The van der Waals surface area contributed by atoms with Gasteiger partial charge in [-0.25, -0.2) is 14.6 Å². The van der Waals surface area contributed by atoms with E-state index in [9.17, 15) is 9.59 Å². The van der Waals surface area contributed by atoms with Crippen molar-refractivity contribution in [1.82, 2.24) is 9.88 Å². The largest absolute Gasteiger partial charge is 0.477 e. The Kier molecular flexibility index (Phi) is 3.99. The molecule has 6 heteroatoms. The molecule has 0 saturated heterocycles. The van der Waals surface area contributed by atoms with Crippen molar-refractivity contribution < 1.29 is 14.7 Å². The molecule has 102 valence electrons. The van der Waals surface area contributed by atoms with Gasteiger partial charge >= 0.3 is 12.0 Å². The molecule has 2 rings (SSSR count).